The second-order valence-corrected chi connectivity index (χ2v) is 10.9. The van der Waals surface area contributed by atoms with Crippen LogP contribution in [0.4, 0.5) is 21.0 Å². The van der Waals surface area contributed by atoms with Gasteiger partial charge in [0.1, 0.15) is 11.3 Å². The highest BCUT2D eigenvalue weighted by Crippen LogP contribution is 2.23. The number of urea groups is 1. The average molecular weight is 561 g/mol. The summed E-state index contributed by atoms with van der Waals surface area (Å²) in [7, 11) is 3.94. The fraction of sp³-hybridized carbons (Fsp3) is 0.355. The molecule has 4 amide bonds. The first-order valence-corrected chi connectivity index (χ1v) is 13.6. The van der Waals surface area contributed by atoms with Crippen LogP contribution < -0.4 is 21.3 Å². The molecule has 1 atom stereocenters. The Morgan fingerprint density at radius 2 is 1.56 bits per heavy atom. The number of amides is 4. The number of ether oxygens (including phenoxy) is 1. The molecule has 0 spiro atoms. The van der Waals surface area contributed by atoms with E-state index in [0.717, 1.165) is 24.1 Å². The number of aromatic nitrogens is 1. The zero-order valence-electron chi connectivity index (χ0n) is 24.4. The zero-order valence-corrected chi connectivity index (χ0v) is 24.4. The van der Waals surface area contributed by atoms with E-state index in [1.807, 2.05) is 49.3 Å². The van der Waals surface area contributed by atoms with E-state index in [2.05, 4.69) is 26.3 Å². The summed E-state index contributed by atoms with van der Waals surface area (Å²) in [6.45, 7) is 6.58. The molecule has 2 aromatic carbocycles. The quantitative estimate of drug-likeness (QED) is 0.255. The van der Waals surface area contributed by atoms with Crippen molar-refractivity contribution in [1.29, 1.82) is 0 Å². The van der Waals surface area contributed by atoms with Gasteiger partial charge in [0.25, 0.3) is 5.91 Å². The lowest BCUT2D eigenvalue weighted by Crippen LogP contribution is -2.39. The number of carbonyl (C=O) groups is 3. The van der Waals surface area contributed by atoms with Crippen LogP contribution in [0.5, 0.6) is 0 Å². The first-order valence-electron chi connectivity index (χ1n) is 13.6. The smallest absolute Gasteiger partial charge is 0.412 e. The van der Waals surface area contributed by atoms with Crippen molar-refractivity contribution < 1.29 is 19.1 Å². The van der Waals surface area contributed by atoms with E-state index in [9.17, 15) is 14.4 Å². The number of hydrogen-bond acceptors (Lipinski definition) is 6. The van der Waals surface area contributed by atoms with Crippen LogP contribution in [-0.4, -0.2) is 60.7 Å². The zero-order chi connectivity index (χ0) is 29.8. The molecule has 0 saturated carbocycles. The highest BCUT2D eigenvalue weighted by atomic mass is 16.6. The number of carbonyl (C=O) groups excluding carboxylic acids is 3. The van der Waals surface area contributed by atoms with Crippen molar-refractivity contribution in [2.24, 2.45) is 0 Å². The topological polar surface area (TPSA) is 125 Å². The van der Waals surface area contributed by atoms with Crippen molar-refractivity contribution >= 4 is 29.4 Å². The third-order valence-electron chi connectivity index (χ3n) is 5.94. The molecule has 0 aliphatic heterocycles. The molecule has 3 rings (SSSR count). The second-order valence-electron chi connectivity index (χ2n) is 10.9. The van der Waals surface area contributed by atoms with Crippen molar-refractivity contribution in [2.75, 3.05) is 37.8 Å². The minimum absolute atomic E-state index is 0.194. The number of hydrogen-bond donors (Lipinski definition) is 4. The fourth-order valence-electron chi connectivity index (χ4n) is 3.93. The molecule has 0 aliphatic rings. The van der Waals surface area contributed by atoms with Gasteiger partial charge in [-0.25, -0.2) is 9.59 Å². The first kappa shape index (κ1) is 31.1. The number of para-hydroxylation sites is 2. The molecule has 1 aromatic heterocycles. The van der Waals surface area contributed by atoms with E-state index in [4.69, 9.17) is 4.74 Å². The average Bonchev–Trinajstić information content (AvgIpc) is 2.91. The van der Waals surface area contributed by atoms with Gasteiger partial charge in [-0.05, 0) is 83.6 Å². The van der Waals surface area contributed by atoms with E-state index in [-0.39, 0.29) is 17.8 Å². The van der Waals surface area contributed by atoms with Gasteiger partial charge in [-0.15, -0.1) is 0 Å². The Hall–Kier alpha value is -4.44. The molecule has 0 fully saturated rings. The molecule has 0 bridgehead atoms. The predicted octanol–water partition coefficient (Wildman–Crippen LogP) is 5.22. The Bertz CT molecular complexity index is 1290. The molecule has 4 N–H and O–H groups in total. The number of nitrogens with one attached hydrogen (secondary N) is 4. The minimum Gasteiger partial charge on any atom is -0.444 e. The van der Waals surface area contributed by atoms with Gasteiger partial charge in [0.05, 0.1) is 17.4 Å². The molecular weight excluding hydrogens is 520 g/mol. The Kier molecular flexibility index (Phi) is 11.2. The number of anilines is 2. The molecule has 0 saturated heterocycles. The molecule has 1 unspecified atom stereocenters. The Balaban J connectivity index is 1.63. The van der Waals surface area contributed by atoms with Gasteiger partial charge < -0.3 is 25.6 Å². The summed E-state index contributed by atoms with van der Waals surface area (Å²) in [5.41, 5.74) is 2.28. The largest absolute Gasteiger partial charge is 0.444 e. The first-order chi connectivity index (χ1) is 19.5. The fourth-order valence-corrected chi connectivity index (χ4v) is 3.93. The monoisotopic (exact) mass is 560 g/mol. The van der Waals surface area contributed by atoms with E-state index in [1.54, 1.807) is 63.4 Å². The van der Waals surface area contributed by atoms with Gasteiger partial charge in [-0.3, -0.25) is 15.1 Å². The Morgan fingerprint density at radius 1 is 0.902 bits per heavy atom. The molecule has 1 heterocycles. The van der Waals surface area contributed by atoms with Crippen molar-refractivity contribution in [1.82, 2.24) is 20.5 Å². The summed E-state index contributed by atoms with van der Waals surface area (Å²) in [5, 5.41) is 11.4. The highest BCUT2D eigenvalue weighted by molar-refractivity contribution is 6.05. The lowest BCUT2D eigenvalue weighted by molar-refractivity contribution is 0.0635. The van der Waals surface area contributed by atoms with Crippen LogP contribution in [0, 0.1) is 0 Å². The summed E-state index contributed by atoms with van der Waals surface area (Å²) < 4.78 is 5.31. The molecule has 3 aromatic rings. The molecule has 41 heavy (non-hydrogen) atoms. The number of nitrogens with zero attached hydrogens (tertiary/aromatic N) is 2. The van der Waals surface area contributed by atoms with Gasteiger partial charge in [-0.2, -0.15) is 0 Å². The van der Waals surface area contributed by atoms with Gasteiger partial charge in [0.15, 0.2) is 0 Å². The van der Waals surface area contributed by atoms with Gasteiger partial charge >= 0.3 is 12.1 Å². The molecular formula is C31H40N6O4. The van der Waals surface area contributed by atoms with Crippen LogP contribution >= 0.6 is 0 Å². The summed E-state index contributed by atoms with van der Waals surface area (Å²) in [6, 6.07) is 19.7. The lowest BCUT2D eigenvalue weighted by Gasteiger charge is -2.21. The summed E-state index contributed by atoms with van der Waals surface area (Å²) >= 11 is 0. The Labute approximate surface area is 241 Å². The third-order valence-corrected chi connectivity index (χ3v) is 5.94. The van der Waals surface area contributed by atoms with Crippen LogP contribution in [0.2, 0.25) is 0 Å². The van der Waals surface area contributed by atoms with E-state index >= 15 is 0 Å². The van der Waals surface area contributed by atoms with Gasteiger partial charge in [0.2, 0.25) is 0 Å². The lowest BCUT2D eigenvalue weighted by atomic mass is 10.1. The van der Waals surface area contributed by atoms with Crippen LogP contribution in [0.15, 0.2) is 72.9 Å². The SMILES string of the molecule is CN(C)CCC(NC(=O)NCCc1ccccc1)c1ccc(C(=O)Nc2ccccc2NC(=O)OC(C)(C)C)nc1. The molecule has 10 nitrogen and oxygen atoms in total. The van der Waals surface area contributed by atoms with E-state index < -0.39 is 17.6 Å². The van der Waals surface area contributed by atoms with E-state index in [1.165, 1.54) is 0 Å². The maximum Gasteiger partial charge on any atom is 0.412 e. The number of pyridine rings is 1. The van der Waals surface area contributed by atoms with Crippen molar-refractivity contribution in [3.8, 4) is 0 Å². The molecule has 218 valence electrons. The standard InChI is InChI=1S/C31H40N6O4/c1-31(2,3)41-30(40)36-26-14-10-9-13-25(26)34-28(38)27-16-15-23(21-33-27)24(18-20-37(4)5)35-29(39)32-19-17-22-11-7-6-8-12-22/h6-16,21,24H,17-20H2,1-5H3,(H,34,38)(H,36,40)(H2,32,35,39). The highest BCUT2D eigenvalue weighted by Gasteiger charge is 2.19. The maximum atomic E-state index is 13.0. The van der Waals surface area contributed by atoms with Gasteiger partial charge in [0, 0.05) is 12.7 Å². The van der Waals surface area contributed by atoms with E-state index in [0.29, 0.717) is 24.3 Å². The van der Waals surface area contributed by atoms with Crippen LogP contribution in [0.3, 0.4) is 0 Å². The normalized spacial score (nSPS) is 11.9. The van der Waals surface area contributed by atoms with Crippen LogP contribution in [-0.2, 0) is 11.2 Å². The molecule has 10 heteroatoms. The van der Waals surface area contributed by atoms with Gasteiger partial charge in [-0.1, -0.05) is 48.5 Å². The second kappa shape index (κ2) is 14.8. The van der Waals surface area contributed by atoms with Crippen LogP contribution in [0.25, 0.3) is 0 Å². The number of benzene rings is 2. The van der Waals surface area contributed by atoms with Crippen molar-refractivity contribution in [2.45, 2.75) is 45.3 Å². The summed E-state index contributed by atoms with van der Waals surface area (Å²) in [5.74, 6) is -0.438. The van der Waals surface area contributed by atoms with Crippen LogP contribution in [0.1, 0.15) is 54.8 Å². The Morgan fingerprint density at radius 3 is 2.17 bits per heavy atom. The third kappa shape index (κ3) is 10.9. The summed E-state index contributed by atoms with van der Waals surface area (Å²) in [4.78, 5) is 44.3. The number of rotatable bonds is 11. The van der Waals surface area contributed by atoms with Crippen molar-refractivity contribution in [3.63, 3.8) is 0 Å². The molecule has 0 aliphatic carbocycles. The molecule has 0 radical (unpaired) electrons. The maximum absolute atomic E-state index is 13.0. The predicted molar refractivity (Wildman–Crippen MR) is 161 cm³/mol. The van der Waals surface area contributed by atoms with Crippen molar-refractivity contribution in [3.05, 3.63) is 89.7 Å². The summed E-state index contributed by atoms with van der Waals surface area (Å²) in [6.07, 6.45) is 2.38. The minimum atomic E-state index is -0.657.